The lowest BCUT2D eigenvalue weighted by atomic mass is 10.1. The molecule has 0 bridgehead atoms. The summed E-state index contributed by atoms with van der Waals surface area (Å²) >= 11 is 0. The summed E-state index contributed by atoms with van der Waals surface area (Å²) in [6.07, 6.45) is 1.07. The lowest BCUT2D eigenvalue weighted by Gasteiger charge is -2.07. The number of imidazole rings is 1. The van der Waals surface area contributed by atoms with Crippen molar-refractivity contribution < 1.29 is 0 Å². The van der Waals surface area contributed by atoms with E-state index in [1.807, 2.05) is 7.05 Å². The second-order valence-corrected chi connectivity index (χ2v) is 4.24. The van der Waals surface area contributed by atoms with Gasteiger partial charge in [-0.25, -0.2) is 4.98 Å². The average Bonchev–Trinajstić information content (AvgIpc) is 2.32. The van der Waals surface area contributed by atoms with Crippen LogP contribution in [0.2, 0.25) is 0 Å². The summed E-state index contributed by atoms with van der Waals surface area (Å²) in [5.41, 5.74) is 2.56. The first-order chi connectivity index (χ1) is 6.56. The molecule has 0 unspecified atom stereocenters. The summed E-state index contributed by atoms with van der Waals surface area (Å²) in [4.78, 5) is 4.59. The molecule has 0 radical (unpaired) electrons. The predicted octanol–water partition coefficient (Wildman–Crippen LogP) is 1.65. The van der Waals surface area contributed by atoms with E-state index in [0.29, 0.717) is 5.92 Å². The van der Waals surface area contributed by atoms with Crippen LogP contribution in [-0.2, 0) is 20.0 Å². The number of rotatable bonds is 4. The van der Waals surface area contributed by atoms with E-state index < -0.39 is 0 Å². The molecular formula is C11H21N3. The molecule has 80 valence electrons. The lowest BCUT2D eigenvalue weighted by molar-refractivity contribution is 0.623. The van der Waals surface area contributed by atoms with Crippen LogP contribution in [0.3, 0.4) is 0 Å². The smallest absolute Gasteiger partial charge is 0.105 e. The van der Waals surface area contributed by atoms with E-state index in [1.54, 1.807) is 0 Å². The van der Waals surface area contributed by atoms with Gasteiger partial charge in [0.2, 0.25) is 0 Å². The molecule has 0 spiro atoms. The van der Waals surface area contributed by atoms with E-state index in [-0.39, 0.29) is 0 Å². The fraction of sp³-hybridized carbons (Fsp3) is 0.727. The molecule has 14 heavy (non-hydrogen) atoms. The van der Waals surface area contributed by atoms with Crippen molar-refractivity contribution in [1.82, 2.24) is 14.9 Å². The fourth-order valence-electron chi connectivity index (χ4n) is 1.66. The van der Waals surface area contributed by atoms with Crippen LogP contribution in [0.15, 0.2) is 0 Å². The topological polar surface area (TPSA) is 29.9 Å². The molecule has 0 atom stereocenters. The molecule has 1 N–H and O–H groups in total. The Balaban J connectivity index is 2.96. The van der Waals surface area contributed by atoms with Crippen molar-refractivity contribution in [3.63, 3.8) is 0 Å². The van der Waals surface area contributed by atoms with Crippen LogP contribution < -0.4 is 5.32 Å². The number of hydrogen-bond donors (Lipinski definition) is 1. The van der Waals surface area contributed by atoms with E-state index >= 15 is 0 Å². The molecule has 3 nitrogen and oxygen atoms in total. The van der Waals surface area contributed by atoms with Crippen molar-refractivity contribution >= 4 is 0 Å². The van der Waals surface area contributed by atoms with Crippen molar-refractivity contribution in [3.8, 4) is 0 Å². The summed E-state index contributed by atoms with van der Waals surface area (Å²) in [5, 5.41) is 3.19. The zero-order valence-electron chi connectivity index (χ0n) is 9.89. The normalized spacial score (nSPS) is 11.3. The Morgan fingerprint density at radius 1 is 1.43 bits per heavy atom. The molecule has 0 aromatic carbocycles. The third-order valence-electron chi connectivity index (χ3n) is 2.47. The minimum Gasteiger partial charge on any atom is -0.334 e. The van der Waals surface area contributed by atoms with Crippen LogP contribution >= 0.6 is 0 Å². The standard InChI is InChI=1S/C11H21N3/c1-8(2)6-10-11(7-12-4)14(5)9(3)13-10/h8,12H,6-7H2,1-5H3. The van der Waals surface area contributed by atoms with Crippen LogP contribution in [-0.4, -0.2) is 16.6 Å². The Morgan fingerprint density at radius 2 is 2.07 bits per heavy atom. The molecule has 1 rings (SSSR count). The number of hydrogen-bond acceptors (Lipinski definition) is 2. The van der Waals surface area contributed by atoms with Gasteiger partial charge in [-0.1, -0.05) is 13.8 Å². The van der Waals surface area contributed by atoms with E-state index in [4.69, 9.17) is 0 Å². The third-order valence-corrected chi connectivity index (χ3v) is 2.47. The second kappa shape index (κ2) is 4.60. The number of aromatic nitrogens is 2. The molecule has 0 saturated carbocycles. The van der Waals surface area contributed by atoms with E-state index in [1.165, 1.54) is 11.4 Å². The Morgan fingerprint density at radius 3 is 2.57 bits per heavy atom. The van der Waals surface area contributed by atoms with Gasteiger partial charge in [0.25, 0.3) is 0 Å². The highest BCUT2D eigenvalue weighted by Gasteiger charge is 2.12. The SMILES string of the molecule is CNCc1c(CC(C)C)nc(C)n1C. The first-order valence-corrected chi connectivity index (χ1v) is 5.22. The monoisotopic (exact) mass is 195 g/mol. The summed E-state index contributed by atoms with van der Waals surface area (Å²) in [7, 11) is 4.06. The van der Waals surface area contributed by atoms with Gasteiger partial charge in [0.1, 0.15) is 5.82 Å². The number of nitrogens with zero attached hydrogens (tertiary/aromatic N) is 2. The molecule has 0 fully saturated rings. The van der Waals surface area contributed by atoms with Gasteiger partial charge >= 0.3 is 0 Å². The van der Waals surface area contributed by atoms with Crippen molar-refractivity contribution in [3.05, 3.63) is 17.2 Å². The lowest BCUT2D eigenvalue weighted by Crippen LogP contribution is -2.12. The maximum atomic E-state index is 4.59. The Bertz CT molecular complexity index is 300. The molecule has 0 amide bonds. The van der Waals surface area contributed by atoms with E-state index in [9.17, 15) is 0 Å². The second-order valence-electron chi connectivity index (χ2n) is 4.24. The van der Waals surface area contributed by atoms with Gasteiger partial charge in [-0.2, -0.15) is 0 Å². The fourth-order valence-corrected chi connectivity index (χ4v) is 1.66. The molecule has 0 aliphatic carbocycles. The summed E-state index contributed by atoms with van der Waals surface area (Å²) in [6.45, 7) is 7.42. The molecule has 1 aromatic heterocycles. The first-order valence-electron chi connectivity index (χ1n) is 5.22. The molecule has 0 aliphatic rings. The summed E-state index contributed by atoms with van der Waals surface area (Å²) in [5.74, 6) is 1.77. The van der Waals surface area contributed by atoms with Gasteiger partial charge in [-0.15, -0.1) is 0 Å². The molecule has 3 heteroatoms. The van der Waals surface area contributed by atoms with Crippen LogP contribution in [0.4, 0.5) is 0 Å². The number of aryl methyl sites for hydroxylation is 1. The van der Waals surface area contributed by atoms with Crippen LogP contribution in [0, 0.1) is 12.8 Å². The van der Waals surface area contributed by atoms with E-state index in [0.717, 1.165) is 18.8 Å². The first kappa shape index (κ1) is 11.2. The quantitative estimate of drug-likeness (QED) is 0.791. The van der Waals surface area contributed by atoms with Crippen LogP contribution in [0.1, 0.15) is 31.1 Å². The predicted molar refractivity (Wildman–Crippen MR) is 59.3 cm³/mol. The molecular weight excluding hydrogens is 174 g/mol. The van der Waals surface area contributed by atoms with E-state index in [2.05, 4.69) is 42.7 Å². The highest BCUT2D eigenvalue weighted by Crippen LogP contribution is 2.14. The Kier molecular flexibility index (Phi) is 3.69. The van der Waals surface area contributed by atoms with Gasteiger partial charge < -0.3 is 9.88 Å². The summed E-state index contributed by atoms with van der Waals surface area (Å²) < 4.78 is 2.17. The largest absolute Gasteiger partial charge is 0.334 e. The molecule has 0 aliphatic heterocycles. The summed E-state index contributed by atoms with van der Waals surface area (Å²) in [6, 6.07) is 0. The van der Waals surface area contributed by atoms with Gasteiger partial charge in [0, 0.05) is 13.6 Å². The zero-order valence-corrected chi connectivity index (χ0v) is 9.89. The zero-order chi connectivity index (χ0) is 10.7. The van der Waals surface area contributed by atoms with Crippen LogP contribution in [0.25, 0.3) is 0 Å². The molecule has 1 aromatic rings. The van der Waals surface area contributed by atoms with Crippen molar-refractivity contribution in [2.45, 2.75) is 33.7 Å². The maximum absolute atomic E-state index is 4.59. The minimum absolute atomic E-state index is 0.667. The molecule has 1 heterocycles. The average molecular weight is 195 g/mol. The Labute approximate surface area is 86.5 Å². The van der Waals surface area contributed by atoms with Gasteiger partial charge in [0.15, 0.2) is 0 Å². The van der Waals surface area contributed by atoms with Gasteiger partial charge in [-0.3, -0.25) is 0 Å². The molecule has 0 saturated heterocycles. The number of nitrogens with one attached hydrogen (secondary N) is 1. The van der Waals surface area contributed by atoms with Crippen molar-refractivity contribution in [2.24, 2.45) is 13.0 Å². The minimum atomic E-state index is 0.667. The highest BCUT2D eigenvalue weighted by molar-refractivity contribution is 5.17. The highest BCUT2D eigenvalue weighted by atomic mass is 15.1. The van der Waals surface area contributed by atoms with Crippen molar-refractivity contribution in [1.29, 1.82) is 0 Å². The third kappa shape index (κ3) is 2.35. The Hall–Kier alpha value is -0.830. The van der Waals surface area contributed by atoms with Gasteiger partial charge in [-0.05, 0) is 26.3 Å². The van der Waals surface area contributed by atoms with Crippen molar-refractivity contribution in [2.75, 3.05) is 7.05 Å². The maximum Gasteiger partial charge on any atom is 0.105 e. The van der Waals surface area contributed by atoms with Crippen LogP contribution in [0.5, 0.6) is 0 Å². The van der Waals surface area contributed by atoms with Gasteiger partial charge in [0.05, 0.1) is 11.4 Å².